The van der Waals surface area contributed by atoms with Crippen LogP contribution in [0.5, 0.6) is 11.5 Å². The molecule has 1 unspecified atom stereocenters. The van der Waals surface area contributed by atoms with Gasteiger partial charge in [0.25, 0.3) is 5.91 Å². The van der Waals surface area contributed by atoms with E-state index < -0.39 is 0 Å². The molecule has 0 aromatic heterocycles. The molecule has 0 aliphatic carbocycles. The molecule has 0 saturated heterocycles. The summed E-state index contributed by atoms with van der Waals surface area (Å²) in [6, 6.07) is 4.33. The summed E-state index contributed by atoms with van der Waals surface area (Å²) in [5.74, 6) is -1.02. The van der Waals surface area contributed by atoms with Gasteiger partial charge in [-0.15, -0.1) is 0 Å². The first kappa shape index (κ1) is 13.7. The van der Waals surface area contributed by atoms with E-state index in [4.69, 9.17) is 0 Å². The fraction of sp³-hybridized carbons (Fsp3) is 0.417. The highest BCUT2D eigenvalue weighted by atomic mass is 32.2. The fourth-order valence-electron chi connectivity index (χ4n) is 1.32. The van der Waals surface area contributed by atoms with Gasteiger partial charge in [0, 0.05) is 11.8 Å². The first-order valence-corrected chi connectivity index (χ1v) is 6.67. The predicted molar refractivity (Wildman–Crippen MR) is 69.7 cm³/mol. The molecule has 0 radical (unpaired) electrons. The summed E-state index contributed by atoms with van der Waals surface area (Å²) in [5, 5.41) is 22.0. The number of nitrogens with one attached hydrogen (secondary N) is 1. The van der Waals surface area contributed by atoms with Crippen LogP contribution in [0, 0.1) is 0 Å². The smallest absolute Gasteiger partial charge is 0.255 e. The quantitative estimate of drug-likeness (QED) is 0.704. The van der Waals surface area contributed by atoms with Gasteiger partial charge in [-0.1, -0.05) is 13.0 Å². The van der Waals surface area contributed by atoms with E-state index >= 15 is 0 Å². The van der Waals surface area contributed by atoms with Gasteiger partial charge in [-0.25, -0.2) is 0 Å². The number of phenolic OH excluding ortho intramolecular Hbond substituents is 2. The molecule has 0 aliphatic rings. The van der Waals surface area contributed by atoms with Crippen molar-refractivity contribution >= 4 is 17.7 Å². The van der Waals surface area contributed by atoms with Crippen LogP contribution in [-0.2, 0) is 0 Å². The Morgan fingerprint density at radius 2 is 2.18 bits per heavy atom. The first-order valence-electron chi connectivity index (χ1n) is 5.38. The second kappa shape index (κ2) is 6.39. The maximum atomic E-state index is 11.7. The zero-order valence-electron chi connectivity index (χ0n) is 9.93. The maximum Gasteiger partial charge on any atom is 0.255 e. The van der Waals surface area contributed by atoms with Gasteiger partial charge in [0.05, 0.1) is 5.56 Å². The predicted octanol–water partition coefficient (Wildman–Crippen LogP) is 1.97. The van der Waals surface area contributed by atoms with Crippen molar-refractivity contribution in [2.24, 2.45) is 0 Å². The van der Waals surface area contributed by atoms with Gasteiger partial charge in [-0.3, -0.25) is 4.79 Å². The van der Waals surface area contributed by atoms with Crippen molar-refractivity contribution in [1.82, 2.24) is 5.32 Å². The molecule has 1 amide bonds. The van der Waals surface area contributed by atoms with Gasteiger partial charge in [0.15, 0.2) is 11.5 Å². The van der Waals surface area contributed by atoms with E-state index in [1.165, 1.54) is 18.2 Å². The minimum absolute atomic E-state index is 0.0989. The molecule has 1 rings (SSSR count). The summed E-state index contributed by atoms with van der Waals surface area (Å²) >= 11 is 1.74. The summed E-state index contributed by atoms with van der Waals surface area (Å²) < 4.78 is 0. The summed E-state index contributed by atoms with van der Waals surface area (Å²) in [4.78, 5) is 11.7. The van der Waals surface area contributed by atoms with Crippen molar-refractivity contribution in [2.75, 3.05) is 12.8 Å². The number of aromatic hydroxyl groups is 2. The Balaban J connectivity index is 2.56. The molecule has 1 atom stereocenters. The van der Waals surface area contributed by atoms with Crippen LogP contribution < -0.4 is 5.32 Å². The molecule has 4 nitrogen and oxygen atoms in total. The number of rotatable bonds is 5. The van der Waals surface area contributed by atoms with Crippen LogP contribution >= 0.6 is 11.8 Å². The number of hydrogen-bond donors (Lipinski definition) is 3. The molecule has 0 aliphatic heterocycles. The molecule has 1 aromatic carbocycles. The SMILES string of the molecule is CSC(C)CCNC(=O)c1cccc(O)c1O. The van der Waals surface area contributed by atoms with Gasteiger partial charge in [0.2, 0.25) is 0 Å². The van der Waals surface area contributed by atoms with Gasteiger partial charge >= 0.3 is 0 Å². The van der Waals surface area contributed by atoms with Gasteiger partial charge in [-0.05, 0) is 24.8 Å². The Labute approximate surface area is 105 Å². The van der Waals surface area contributed by atoms with Crippen LogP contribution in [0.3, 0.4) is 0 Å². The Bertz CT molecular complexity index is 395. The van der Waals surface area contributed by atoms with Crippen LogP contribution in [0.2, 0.25) is 0 Å². The van der Waals surface area contributed by atoms with E-state index in [1.54, 1.807) is 11.8 Å². The van der Waals surface area contributed by atoms with E-state index in [0.717, 1.165) is 6.42 Å². The molecule has 3 N–H and O–H groups in total. The number of para-hydroxylation sites is 1. The molecular formula is C12H17NO3S. The van der Waals surface area contributed by atoms with Gasteiger partial charge < -0.3 is 15.5 Å². The van der Waals surface area contributed by atoms with Crippen LogP contribution in [0.4, 0.5) is 0 Å². The molecule has 0 heterocycles. The van der Waals surface area contributed by atoms with Crippen LogP contribution in [0.25, 0.3) is 0 Å². The zero-order chi connectivity index (χ0) is 12.8. The van der Waals surface area contributed by atoms with E-state index in [-0.39, 0.29) is 23.0 Å². The number of carbonyl (C=O) groups excluding carboxylic acids is 1. The number of carbonyl (C=O) groups is 1. The molecule has 94 valence electrons. The highest BCUT2D eigenvalue weighted by molar-refractivity contribution is 7.99. The third-order valence-electron chi connectivity index (χ3n) is 2.50. The first-order chi connectivity index (χ1) is 8.06. The molecule has 0 fully saturated rings. The second-order valence-electron chi connectivity index (χ2n) is 3.76. The van der Waals surface area contributed by atoms with Crippen LogP contribution in [0.15, 0.2) is 18.2 Å². The zero-order valence-corrected chi connectivity index (χ0v) is 10.8. The molecule has 5 heteroatoms. The Kier molecular flexibility index (Phi) is 5.15. The molecule has 0 saturated carbocycles. The lowest BCUT2D eigenvalue weighted by molar-refractivity contribution is 0.0950. The van der Waals surface area contributed by atoms with Gasteiger partial charge in [0.1, 0.15) is 0 Å². The fourth-order valence-corrected chi connectivity index (χ4v) is 1.67. The Morgan fingerprint density at radius 1 is 1.47 bits per heavy atom. The molecule has 0 bridgehead atoms. The minimum Gasteiger partial charge on any atom is -0.504 e. The standard InChI is InChI=1S/C12H17NO3S/c1-8(17-2)6-7-13-12(16)9-4-3-5-10(14)11(9)15/h3-5,8,14-15H,6-7H2,1-2H3,(H,13,16). The monoisotopic (exact) mass is 255 g/mol. The number of benzene rings is 1. The number of thioether (sulfide) groups is 1. The lowest BCUT2D eigenvalue weighted by atomic mass is 10.1. The van der Waals surface area contributed by atoms with Crippen molar-refractivity contribution < 1.29 is 15.0 Å². The van der Waals surface area contributed by atoms with Crippen LogP contribution in [0.1, 0.15) is 23.7 Å². The molecular weight excluding hydrogens is 238 g/mol. The molecule has 0 spiro atoms. The summed E-state index contributed by atoms with van der Waals surface area (Å²) in [6.07, 6.45) is 2.89. The largest absolute Gasteiger partial charge is 0.504 e. The highest BCUT2D eigenvalue weighted by Crippen LogP contribution is 2.27. The normalized spacial score (nSPS) is 12.1. The van der Waals surface area contributed by atoms with Crippen LogP contribution in [-0.4, -0.2) is 34.2 Å². The molecule has 1 aromatic rings. The molecule has 17 heavy (non-hydrogen) atoms. The summed E-state index contributed by atoms with van der Waals surface area (Å²) in [5.41, 5.74) is 0.0989. The van der Waals surface area contributed by atoms with E-state index in [9.17, 15) is 15.0 Å². The minimum atomic E-state index is -0.372. The van der Waals surface area contributed by atoms with E-state index in [1.807, 2.05) is 6.26 Å². The maximum absolute atomic E-state index is 11.7. The topological polar surface area (TPSA) is 69.6 Å². The number of phenols is 2. The summed E-state index contributed by atoms with van der Waals surface area (Å²) in [7, 11) is 0. The lowest BCUT2D eigenvalue weighted by Gasteiger charge is -2.10. The van der Waals surface area contributed by atoms with Gasteiger partial charge in [-0.2, -0.15) is 11.8 Å². The highest BCUT2D eigenvalue weighted by Gasteiger charge is 2.13. The average Bonchev–Trinajstić information content (AvgIpc) is 2.32. The van der Waals surface area contributed by atoms with Crippen molar-refractivity contribution in [1.29, 1.82) is 0 Å². The second-order valence-corrected chi connectivity index (χ2v) is 5.04. The summed E-state index contributed by atoms with van der Waals surface area (Å²) in [6.45, 7) is 2.64. The van der Waals surface area contributed by atoms with Crippen molar-refractivity contribution in [3.63, 3.8) is 0 Å². The average molecular weight is 255 g/mol. The lowest BCUT2D eigenvalue weighted by Crippen LogP contribution is -2.26. The van der Waals surface area contributed by atoms with Crippen molar-refractivity contribution in [3.8, 4) is 11.5 Å². The van der Waals surface area contributed by atoms with E-state index in [0.29, 0.717) is 11.8 Å². The van der Waals surface area contributed by atoms with E-state index in [2.05, 4.69) is 12.2 Å². The Morgan fingerprint density at radius 3 is 2.82 bits per heavy atom. The third-order valence-corrected chi connectivity index (χ3v) is 3.54. The van der Waals surface area contributed by atoms with Crippen molar-refractivity contribution in [2.45, 2.75) is 18.6 Å². The third kappa shape index (κ3) is 3.85. The Hall–Kier alpha value is -1.36. The number of hydrogen-bond acceptors (Lipinski definition) is 4. The van der Waals surface area contributed by atoms with Crippen molar-refractivity contribution in [3.05, 3.63) is 23.8 Å². The number of amides is 1.